The largest absolute Gasteiger partial charge is 0.482 e. The molecule has 0 saturated heterocycles. The van der Waals surface area contributed by atoms with Crippen LogP contribution in [0.2, 0.25) is 0 Å². The van der Waals surface area contributed by atoms with Gasteiger partial charge in [-0.3, -0.25) is 0 Å². The molecule has 0 bridgehead atoms. The highest BCUT2D eigenvalue weighted by molar-refractivity contribution is 7.89. The van der Waals surface area contributed by atoms with Gasteiger partial charge in [-0.2, -0.15) is 4.31 Å². The minimum absolute atomic E-state index is 0.204. The molecule has 7 heteroatoms. The van der Waals surface area contributed by atoms with Crippen molar-refractivity contribution in [1.82, 2.24) is 4.31 Å². The van der Waals surface area contributed by atoms with E-state index in [4.69, 9.17) is 9.84 Å². The Balaban J connectivity index is 1.81. The van der Waals surface area contributed by atoms with Crippen LogP contribution in [0, 0.1) is 0 Å². The van der Waals surface area contributed by atoms with E-state index in [0.29, 0.717) is 12.3 Å². The molecule has 0 amide bonds. The van der Waals surface area contributed by atoms with Gasteiger partial charge in [0.05, 0.1) is 10.4 Å². The molecule has 1 aliphatic carbocycles. The molecule has 23 heavy (non-hydrogen) atoms. The number of hydrogen-bond acceptors (Lipinski definition) is 4. The first kappa shape index (κ1) is 16.0. The number of hydrogen-bond donors (Lipinski definition) is 1. The highest BCUT2D eigenvalue weighted by Crippen LogP contribution is 2.42. The summed E-state index contributed by atoms with van der Waals surface area (Å²) < 4.78 is 32.5. The third-order valence-corrected chi connectivity index (χ3v) is 6.40. The lowest BCUT2D eigenvalue weighted by Crippen LogP contribution is -2.45. The fourth-order valence-electron chi connectivity index (χ4n) is 3.35. The molecule has 1 N–H and O–H groups in total. The van der Waals surface area contributed by atoms with Crippen molar-refractivity contribution in [2.45, 2.75) is 36.1 Å². The SMILES string of the molecule is O=C(O)COc1ccc(S(=O)(=O)N2CC=CC23CCCC3)cc1. The van der Waals surface area contributed by atoms with Crippen molar-refractivity contribution in [2.75, 3.05) is 13.2 Å². The molecule has 1 spiro atoms. The van der Waals surface area contributed by atoms with E-state index in [9.17, 15) is 13.2 Å². The normalized spacial score (nSPS) is 20.2. The van der Waals surface area contributed by atoms with Gasteiger partial charge in [-0.25, -0.2) is 13.2 Å². The molecule has 1 aromatic rings. The van der Waals surface area contributed by atoms with Crippen molar-refractivity contribution in [2.24, 2.45) is 0 Å². The number of aliphatic carboxylic acids is 1. The molecule has 124 valence electrons. The number of carboxylic acids is 1. The van der Waals surface area contributed by atoms with Gasteiger partial charge < -0.3 is 9.84 Å². The second-order valence-corrected chi connectivity index (χ2v) is 7.77. The summed E-state index contributed by atoms with van der Waals surface area (Å²) in [5, 5.41) is 8.59. The van der Waals surface area contributed by atoms with Gasteiger partial charge in [0.1, 0.15) is 5.75 Å². The summed E-state index contributed by atoms with van der Waals surface area (Å²) in [7, 11) is -3.58. The van der Waals surface area contributed by atoms with E-state index in [2.05, 4.69) is 0 Å². The van der Waals surface area contributed by atoms with Gasteiger partial charge in [0.2, 0.25) is 10.0 Å². The molecule has 0 atom stereocenters. The Morgan fingerprint density at radius 3 is 2.48 bits per heavy atom. The Morgan fingerprint density at radius 1 is 1.22 bits per heavy atom. The minimum Gasteiger partial charge on any atom is -0.482 e. The van der Waals surface area contributed by atoms with Crippen LogP contribution >= 0.6 is 0 Å². The Labute approximate surface area is 135 Å². The van der Waals surface area contributed by atoms with Gasteiger partial charge >= 0.3 is 5.97 Å². The van der Waals surface area contributed by atoms with E-state index in [1.165, 1.54) is 24.3 Å². The lowest BCUT2D eigenvalue weighted by Gasteiger charge is -2.33. The molecule has 1 saturated carbocycles. The number of sulfonamides is 1. The van der Waals surface area contributed by atoms with Crippen molar-refractivity contribution in [3.05, 3.63) is 36.4 Å². The number of ether oxygens (including phenoxy) is 1. The molecule has 0 aromatic heterocycles. The molecule has 1 heterocycles. The van der Waals surface area contributed by atoms with Gasteiger partial charge in [-0.1, -0.05) is 25.0 Å². The molecule has 3 rings (SSSR count). The predicted octanol–water partition coefficient (Wildman–Crippen LogP) is 2.02. The zero-order valence-electron chi connectivity index (χ0n) is 12.6. The summed E-state index contributed by atoms with van der Waals surface area (Å²) in [5.41, 5.74) is -0.364. The van der Waals surface area contributed by atoms with Crippen molar-refractivity contribution in [3.63, 3.8) is 0 Å². The average molecular weight is 337 g/mol. The number of nitrogens with zero attached hydrogens (tertiary/aromatic N) is 1. The van der Waals surface area contributed by atoms with Crippen LogP contribution in [0.25, 0.3) is 0 Å². The van der Waals surface area contributed by atoms with Crippen LogP contribution in [0.5, 0.6) is 5.75 Å². The Morgan fingerprint density at radius 2 is 1.87 bits per heavy atom. The molecular formula is C16H19NO5S. The topological polar surface area (TPSA) is 83.9 Å². The standard InChI is InChI=1S/C16H19NO5S/c18-15(19)12-22-13-4-6-14(7-5-13)23(20,21)17-11-3-10-16(17)8-1-2-9-16/h3-7,10H,1-2,8-9,11-12H2,(H,18,19). The van der Waals surface area contributed by atoms with Crippen LogP contribution in [-0.4, -0.2) is 42.5 Å². The first-order chi connectivity index (χ1) is 10.9. The predicted molar refractivity (Wildman–Crippen MR) is 83.8 cm³/mol. The maximum atomic E-state index is 12.9. The van der Waals surface area contributed by atoms with Crippen LogP contribution in [0.1, 0.15) is 25.7 Å². The van der Waals surface area contributed by atoms with Gasteiger partial charge in [0, 0.05) is 6.54 Å². The first-order valence-electron chi connectivity index (χ1n) is 7.59. The van der Waals surface area contributed by atoms with Crippen molar-refractivity contribution in [1.29, 1.82) is 0 Å². The van der Waals surface area contributed by atoms with E-state index in [-0.39, 0.29) is 10.4 Å². The summed E-state index contributed by atoms with van der Waals surface area (Å²) in [6.07, 6.45) is 7.76. The van der Waals surface area contributed by atoms with Crippen molar-refractivity contribution in [3.8, 4) is 5.75 Å². The Hall–Kier alpha value is -1.86. The van der Waals surface area contributed by atoms with E-state index in [1.807, 2.05) is 12.2 Å². The lowest BCUT2D eigenvalue weighted by atomic mass is 10.00. The number of carbonyl (C=O) groups is 1. The summed E-state index contributed by atoms with van der Waals surface area (Å²) >= 11 is 0. The van der Waals surface area contributed by atoms with Crippen LogP contribution in [0.4, 0.5) is 0 Å². The van der Waals surface area contributed by atoms with Gasteiger partial charge in [-0.15, -0.1) is 0 Å². The zero-order valence-corrected chi connectivity index (χ0v) is 13.5. The molecule has 0 unspecified atom stereocenters. The Bertz CT molecular complexity index is 717. The van der Waals surface area contributed by atoms with Crippen LogP contribution in [0.3, 0.4) is 0 Å². The third-order valence-electron chi connectivity index (χ3n) is 4.44. The van der Waals surface area contributed by atoms with E-state index < -0.39 is 22.6 Å². The highest BCUT2D eigenvalue weighted by Gasteiger charge is 2.46. The van der Waals surface area contributed by atoms with Crippen LogP contribution in [-0.2, 0) is 14.8 Å². The Kier molecular flexibility index (Phi) is 4.16. The van der Waals surface area contributed by atoms with Gasteiger partial charge in [0.15, 0.2) is 6.61 Å². The zero-order chi connectivity index (χ0) is 16.5. The summed E-state index contributed by atoms with van der Waals surface area (Å²) in [5.74, 6) is -0.741. The molecule has 0 radical (unpaired) electrons. The number of benzene rings is 1. The summed E-state index contributed by atoms with van der Waals surface area (Å²) in [6, 6.07) is 5.91. The molecule has 2 aliphatic rings. The van der Waals surface area contributed by atoms with E-state index in [0.717, 1.165) is 25.7 Å². The second kappa shape index (κ2) is 5.98. The smallest absolute Gasteiger partial charge is 0.341 e. The third kappa shape index (κ3) is 2.98. The van der Waals surface area contributed by atoms with E-state index in [1.54, 1.807) is 4.31 Å². The molecule has 1 aliphatic heterocycles. The fourth-order valence-corrected chi connectivity index (χ4v) is 5.09. The molecule has 1 fully saturated rings. The van der Waals surface area contributed by atoms with Crippen LogP contribution in [0.15, 0.2) is 41.3 Å². The maximum absolute atomic E-state index is 12.9. The summed E-state index contributed by atoms with van der Waals surface area (Å²) in [4.78, 5) is 10.7. The highest BCUT2D eigenvalue weighted by atomic mass is 32.2. The molecule has 6 nitrogen and oxygen atoms in total. The average Bonchev–Trinajstić information content (AvgIpc) is 3.16. The number of rotatable bonds is 5. The number of carboxylic acid groups (broad SMARTS) is 1. The lowest BCUT2D eigenvalue weighted by molar-refractivity contribution is -0.139. The quantitative estimate of drug-likeness (QED) is 0.831. The minimum atomic E-state index is -3.58. The van der Waals surface area contributed by atoms with Crippen molar-refractivity contribution < 1.29 is 23.1 Å². The second-order valence-electron chi connectivity index (χ2n) is 5.90. The summed E-state index contributed by atoms with van der Waals surface area (Å²) in [6.45, 7) is -0.0507. The monoisotopic (exact) mass is 337 g/mol. The molecular weight excluding hydrogens is 318 g/mol. The maximum Gasteiger partial charge on any atom is 0.341 e. The van der Waals surface area contributed by atoms with Crippen molar-refractivity contribution >= 4 is 16.0 Å². The van der Waals surface area contributed by atoms with Crippen LogP contribution < -0.4 is 4.74 Å². The molecule has 1 aromatic carbocycles. The first-order valence-corrected chi connectivity index (χ1v) is 9.03. The van der Waals surface area contributed by atoms with E-state index >= 15 is 0 Å². The fraction of sp³-hybridized carbons (Fsp3) is 0.438. The van der Waals surface area contributed by atoms with Gasteiger partial charge in [-0.05, 0) is 37.1 Å². The van der Waals surface area contributed by atoms with Gasteiger partial charge in [0.25, 0.3) is 0 Å².